The largest absolute Gasteiger partial charge is 0.465 e. The minimum Gasteiger partial charge on any atom is -0.465 e. The molecule has 9 N–H and O–H groups in total. The van der Waals surface area contributed by atoms with E-state index in [1.807, 2.05) is 5.43 Å². The van der Waals surface area contributed by atoms with Gasteiger partial charge in [0.15, 0.2) is 0 Å². The summed E-state index contributed by atoms with van der Waals surface area (Å²) in [7, 11) is 3.53. The zero-order chi connectivity index (χ0) is 73.5. The number of alkyl halides is 12. The average Bonchev–Trinajstić information content (AvgIpc) is 1.47. The molecular formula is C65H50ClF12N11O11. The fraction of sp³-hybridized carbons (Fsp3) is 0.108. The molecule has 0 bridgehead atoms. The first-order valence-electron chi connectivity index (χ1n) is 27.8. The molecule has 0 aliphatic rings. The van der Waals surface area contributed by atoms with E-state index < -0.39 is 81.9 Å². The lowest BCUT2D eigenvalue weighted by atomic mass is 10.1. The predicted molar refractivity (Wildman–Crippen MR) is 337 cm³/mol. The molecule has 10 aromatic rings. The maximum absolute atomic E-state index is 12.6. The molecule has 0 aliphatic carbocycles. The number of ether oxygens (including phenoxy) is 3. The van der Waals surface area contributed by atoms with Gasteiger partial charge in [-0.25, -0.2) is 20.2 Å². The number of nitrogen functional groups attached to an aromatic ring is 1. The predicted octanol–water partition coefficient (Wildman–Crippen LogP) is 15.1. The van der Waals surface area contributed by atoms with Crippen LogP contribution in [-0.2, 0) is 48.5 Å². The van der Waals surface area contributed by atoms with E-state index in [0.717, 1.165) is 55.6 Å². The number of hydrogen-bond acceptors (Lipinski definition) is 20. The van der Waals surface area contributed by atoms with Crippen molar-refractivity contribution in [2.45, 2.75) is 24.7 Å². The van der Waals surface area contributed by atoms with Gasteiger partial charge in [0.1, 0.15) is 0 Å². The van der Waals surface area contributed by atoms with Crippen LogP contribution in [0.2, 0.25) is 0 Å². The summed E-state index contributed by atoms with van der Waals surface area (Å²) in [6, 6.07) is 44.9. The highest BCUT2D eigenvalue weighted by Crippen LogP contribution is 2.37. The molecule has 0 spiro atoms. The van der Waals surface area contributed by atoms with Crippen molar-refractivity contribution in [3.8, 4) is 22.9 Å². The van der Waals surface area contributed by atoms with Gasteiger partial charge in [-0.15, -0.1) is 20.4 Å². The highest BCUT2D eigenvalue weighted by molar-refractivity contribution is 6.80. The minimum absolute atomic E-state index is 0.0591. The number of benzene rings is 8. The molecular weight excluding hydrogens is 1370 g/mol. The van der Waals surface area contributed by atoms with Crippen LogP contribution >= 0.6 is 11.6 Å². The lowest BCUT2D eigenvalue weighted by molar-refractivity contribution is -0.148. The van der Waals surface area contributed by atoms with Crippen molar-refractivity contribution in [3.05, 3.63) is 239 Å². The molecule has 10 rings (SSSR count). The number of para-hydroxylation sites is 4. The lowest BCUT2D eigenvalue weighted by Gasteiger charge is -2.12. The van der Waals surface area contributed by atoms with Gasteiger partial charge < -0.3 is 50.0 Å². The number of rotatable bonds is 15. The van der Waals surface area contributed by atoms with Gasteiger partial charge in [-0.3, -0.25) is 19.8 Å². The Kier molecular flexibility index (Phi) is 26.5. The number of anilines is 8. The van der Waals surface area contributed by atoms with Crippen LogP contribution in [0, 0.1) is 0 Å². The number of nitrogens with one attached hydrogen (secondary N) is 5. The number of halogens is 13. The normalized spacial score (nSPS) is 10.9. The van der Waals surface area contributed by atoms with E-state index in [-0.39, 0.29) is 23.6 Å². The molecule has 2 aromatic heterocycles. The molecule has 0 saturated carbocycles. The number of carbonyl (C=O) groups is 6. The van der Waals surface area contributed by atoms with Gasteiger partial charge in [0.05, 0.1) is 88.6 Å². The third-order valence-electron chi connectivity index (χ3n) is 12.7. The Balaban J connectivity index is 0.000000204. The highest BCUT2D eigenvalue weighted by atomic mass is 35.5. The topological polar surface area (TPSA) is 320 Å². The molecule has 522 valence electrons. The SMILES string of the molecule is COC(=O)C(=O)Cl.COC(=O)c1ccccc1Nc1ccc(C(F)(F)F)cc1.COC(=O)c1nnc(-c2ccccc2Nc2ccc(C(F)(F)F)cc2)o1.NC(=O)c1nnc(-c2ccccc2Nc2ccc(C(F)(F)F)cc2)o1.NNC(=O)c1ccccc1Nc1ccc(C(F)(F)F)cc1. The summed E-state index contributed by atoms with van der Waals surface area (Å²) in [5.74, 6) is 0.911. The third kappa shape index (κ3) is 22.4. The van der Waals surface area contributed by atoms with Crippen LogP contribution in [-0.4, -0.2) is 76.7 Å². The van der Waals surface area contributed by atoms with E-state index in [2.05, 4.69) is 67.5 Å². The zero-order valence-corrected chi connectivity index (χ0v) is 52.1. The minimum atomic E-state index is -4.40. The number of esters is 3. The molecule has 100 heavy (non-hydrogen) atoms. The second-order valence-electron chi connectivity index (χ2n) is 19.4. The van der Waals surface area contributed by atoms with Crippen molar-refractivity contribution in [2.24, 2.45) is 11.6 Å². The van der Waals surface area contributed by atoms with Crippen LogP contribution in [0.5, 0.6) is 0 Å². The molecule has 8 aromatic carbocycles. The van der Waals surface area contributed by atoms with E-state index in [9.17, 15) is 81.5 Å². The molecule has 0 radical (unpaired) electrons. The van der Waals surface area contributed by atoms with Gasteiger partial charge >= 0.3 is 65.5 Å². The van der Waals surface area contributed by atoms with Crippen molar-refractivity contribution in [2.75, 3.05) is 42.6 Å². The van der Waals surface area contributed by atoms with Crippen LogP contribution in [0.3, 0.4) is 0 Å². The van der Waals surface area contributed by atoms with E-state index in [1.165, 1.54) is 62.8 Å². The van der Waals surface area contributed by atoms with Gasteiger partial charge in [0.25, 0.3) is 11.8 Å². The number of carbonyl (C=O) groups excluding carboxylic acids is 6. The summed E-state index contributed by atoms with van der Waals surface area (Å²) >= 11 is 4.61. The number of hydrogen-bond donors (Lipinski definition) is 7. The molecule has 2 amide bonds. The molecule has 0 atom stereocenters. The Morgan fingerprint density at radius 2 is 0.690 bits per heavy atom. The molecule has 0 aliphatic heterocycles. The first-order chi connectivity index (χ1) is 47.2. The summed E-state index contributed by atoms with van der Waals surface area (Å²) in [4.78, 5) is 65.1. The summed E-state index contributed by atoms with van der Waals surface area (Å²) in [5, 5.41) is 25.3. The Bertz CT molecular complexity index is 4310. The van der Waals surface area contributed by atoms with Crippen molar-refractivity contribution < 1.29 is 104 Å². The first-order valence-corrected chi connectivity index (χ1v) is 28.2. The number of nitrogens with two attached hydrogens (primary N) is 2. The van der Waals surface area contributed by atoms with E-state index in [4.69, 9.17) is 20.4 Å². The van der Waals surface area contributed by atoms with Crippen molar-refractivity contribution in [3.63, 3.8) is 0 Å². The molecule has 0 fully saturated rings. The van der Waals surface area contributed by atoms with Gasteiger partial charge in [0.2, 0.25) is 5.89 Å². The number of amides is 2. The first kappa shape index (κ1) is 76.7. The van der Waals surface area contributed by atoms with E-state index in [1.54, 1.807) is 97.1 Å². The van der Waals surface area contributed by atoms with Gasteiger partial charge in [0, 0.05) is 22.7 Å². The monoisotopic (exact) mass is 1420 g/mol. The summed E-state index contributed by atoms with van der Waals surface area (Å²) in [6.45, 7) is 0. The number of hydrazine groups is 1. The Morgan fingerprint density at radius 3 is 0.990 bits per heavy atom. The maximum Gasteiger partial charge on any atom is 0.416 e. The lowest BCUT2D eigenvalue weighted by Crippen LogP contribution is -2.30. The maximum atomic E-state index is 12.6. The smallest absolute Gasteiger partial charge is 0.416 e. The Morgan fingerprint density at radius 1 is 0.390 bits per heavy atom. The molecule has 35 heteroatoms. The van der Waals surface area contributed by atoms with Gasteiger partial charge in [-0.05, 0) is 157 Å². The number of primary amides is 1. The standard InChI is InChI=1S/C17H12F3N3O3.C16H11F3N4O2.C15H12F3NO2.C14H12F3N3O.C3H3ClO3/c1-25-16(24)15-23-22-14(26-15)12-4-2-3-5-13(12)21-11-8-6-10(7-9-11)17(18,19)20;17-16(18,19)9-5-7-10(8-6-9)21-12-4-2-1-3-11(12)14-22-23-15(25-14)13(20)24;1-21-14(20)12-4-2-3-5-13(12)19-11-8-6-10(7-9-11)15(16,17)18;15-14(16,17)9-5-7-10(8-6-9)19-12-4-2-1-3-11(12)13(21)20-18;1-7-3(6)2(4)5/h2-9,21H,1H3;1-8,21H,(H2,20,24);2-9,19H,1H3;1-8,19H,18H2,(H,20,21);1H3. The summed E-state index contributed by atoms with van der Waals surface area (Å²) in [5.41, 5.74) is 9.39. The molecule has 0 saturated heterocycles. The fourth-order valence-electron chi connectivity index (χ4n) is 7.91. The van der Waals surface area contributed by atoms with Gasteiger partial charge in [-0.2, -0.15) is 52.7 Å². The Hall–Kier alpha value is -12.3. The van der Waals surface area contributed by atoms with E-state index >= 15 is 0 Å². The van der Waals surface area contributed by atoms with Crippen LogP contribution in [0.1, 0.15) is 64.3 Å². The van der Waals surface area contributed by atoms with E-state index in [0.29, 0.717) is 67.8 Å². The summed E-state index contributed by atoms with van der Waals surface area (Å²) in [6.07, 6.45) is -17.5. The summed E-state index contributed by atoms with van der Waals surface area (Å²) < 4.78 is 174. The fourth-order valence-corrected chi connectivity index (χ4v) is 7.99. The molecule has 0 unspecified atom stereocenters. The number of nitrogens with zero attached hydrogens (tertiary/aromatic N) is 4. The quantitative estimate of drug-likeness (QED) is 0.00733. The number of aromatic nitrogens is 4. The average molecular weight is 1420 g/mol. The number of methoxy groups -OCH3 is 3. The van der Waals surface area contributed by atoms with Crippen LogP contribution in [0.4, 0.5) is 98.2 Å². The highest BCUT2D eigenvalue weighted by Gasteiger charge is 2.33. The zero-order valence-electron chi connectivity index (χ0n) is 51.3. The van der Waals surface area contributed by atoms with Crippen LogP contribution in [0.15, 0.2) is 203 Å². The second kappa shape index (κ2) is 34.6. The van der Waals surface area contributed by atoms with Crippen molar-refractivity contribution in [1.82, 2.24) is 25.8 Å². The third-order valence-corrected chi connectivity index (χ3v) is 12.8. The van der Waals surface area contributed by atoms with Crippen molar-refractivity contribution >= 4 is 92.1 Å². The van der Waals surface area contributed by atoms with Crippen LogP contribution in [0.25, 0.3) is 22.9 Å². The van der Waals surface area contributed by atoms with Crippen LogP contribution < -0.4 is 38.3 Å². The molecule has 2 heterocycles. The van der Waals surface area contributed by atoms with Gasteiger partial charge in [-0.1, -0.05) is 48.5 Å². The molecule has 22 nitrogen and oxygen atoms in total. The van der Waals surface area contributed by atoms with Crippen molar-refractivity contribution in [1.29, 1.82) is 0 Å². The second-order valence-corrected chi connectivity index (χ2v) is 19.7. The Labute approximate surface area is 561 Å².